The summed E-state index contributed by atoms with van der Waals surface area (Å²) in [5.74, 6) is 1.96. The van der Waals surface area contributed by atoms with Gasteiger partial charge in [-0.15, -0.1) is 0 Å². The molecule has 0 saturated heterocycles. The van der Waals surface area contributed by atoms with E-state index in [-0.39, 0.29) is 0 Å². The van der Waals surface area contributed by atoms with Crippen LogP contribution in [-0.4, -0.2) is 15.0 Å². The summed E-state index contributed by atoms with van der Waals surface area (Å²) in [5, 5.41) is 0.885. The van der Waals surface area contributed by atoms with Gasteiger partial charge in [0.2, 0.25) is 5.88 Å². The number of nitrogens with zero attached hydrogens (tertiary/aromatic N) is 3. The predicted molar refractivity (Wildman–Crippen MR) is 98.8 cm³/mol. The van der Waals surface area contributed by atoms with Crippen LogP contribution in [0.4, 0.5) is 0 Å². The standard InChI is InChI=1S/C21H17N3O/c1-14-7-5-11-19(15(14)2)25-21-17-9-3-4-10-18(17)23-20(24-21)16-8-6-12-22-13-16/h3-13H,1-2H3. The van der Waals surface area contributed by atoms with Gasteiger partial charge in [0.25, 0.3) is 0 Å². The average molecular weight is 327 g/mol. The van der Waals surface area contributed by atoms with Gasteiger partial charge in [-0.25, -0.2) is 4.98 Å². The van der Waals surface area contributed by atoms with Crippen molar-refractivity contribution >= 4 is 10.9 Å². The maximum absolute atomic E-state index is 6.19. The molecule has 0 fully saturated rings. The van der Waals surface area contributed by atoms with Crippen molar-refractivity contribution in [1.29, 1.82) is 0 Å². The maximum Gasteiger partial charge on any atom is 0.230 e. The fourth-order valence-electron chi connectivity index (χ4n) is 2.69. The summed E-state index contributed by atoms with van der Waals surface area (Å²) in [6.45, 7) is 4.12. The minimum atomic E-state index is 0.554. The van der Waals surface area contributed by atoms with Gasteiger partial charge in [0, 0.05) is 18.0 Å². The number of hydrogen-bond acceptors (Lipinski definition) is 4. The summed E-state index contributed by atoms with van der Waals surface area (Å²) in [4.78, 5) is 13.5. The van der Waals surface area contributed by atoms with Crippen molar-refractivity contribution in [3.8, 4) is 23.0 Å². The molecule has 0 atom stereocenters. The second-order valence-corrected chi connectivity index (χ2v) is 5.91. The van der Waals surface area contributed by atoms with Gasteiger partial charge in [-0.1, -0.05) is 24.3 Å². The number of aromatic nitrogens is 3. The highest BCUT2D eigenvalue weighted by Gasteiger charge is 2.12. The maximum atomic E-state index is 6.19. The molecule has 0 aliphatic rings. The quantitative estimate of drug-likeness (QED) is 0.525. The molecule has 4 aromatic rings. The molecule has 25 heavy (non-hydrogen) atoms. The lowest BCUT2D eigenvalue weighted by Gasteiger charge is -2.12. The van der Waals surface area contributed by atoms with Crippen molar-refractivity contribution in [3.63, 3.8) is 0 Å². The Kier molecular flexibility index (Phi) is 3.86. The number of para-hydroxylation sites is 1. The van der Waals surface area contributed by atoms with E-state index in [0.717, 1.165) is 27.8 Å². The van der Waals surface area contributed by atoms with E-state index in [9.17, 15) is 0 Å². The molecule has 0 amide bonds. The summed E-state index contributed by atoms with van der Waals surface area (Å²) < 4.78 is 6.19. The topological polar surface area (TPSA) is 47.9 Å². The van der Waals surface area contributed by atoms with E-state index in [4.69, 9.17) is 4.74 Å². The van der Waals surface area contributed by atoms with E-state index in [1.54, 1.807) is 12.4 Å². The van der Waals surface area contributed by atoms with Gasteiger partial charge in [0.15, 0.2) is 5.82 Å². The summed E-state index contributed by atoms with van der Waals surface area (Å²) >= 11 is 0. The Morgan fingerprint density at radius 2 is 1.72 bits per heavy atom. The second kappa shape index (κ2) is 6.32. The molecule has 0 N–H and O–H groups in total. The molecule has 0 aliphatic carbocycles. The summed E-state index contributed by atoms with van der Waals surface area (Å²) in [6, 6.07) is 17.7. The van der Waals surface area contributed by atoms with E-state index < -0.39 is 0 Å². The molecule has 0 radical (unpaired) electrons. The number of benzene rings is 2. The van der Waals surface area contributed by atoms with Crippen LogP contribution in [0.5, 0.6) is 11.6 Å². The molecular formula is C21H17N3O. The van der Waals surface area contributed by atoms with Crippen molar-refractivity contribution in [2.24, 2.45) is 0 Å². The van der Waals surface area contributed by atoms with Gasteiger partial charge in [-0.2, -0.15) is 4.98 Å². The van der Waals surface area contributed by atoms with Gasteiger partial charge in [0.1, 0.15) is 5.75 Å². The first kappa shape index (κ1) is 15.3. The number of ether oxygens (including phenoxy) is 1. The summed E-state index contributed by atoms with van der Waals surface area (Å²) in [5.41, 5.74) is 3.99. The largest absolute Gasteiger partial charge is 0.438 e. The van der Waals surface area contributed by atoms with Gasteiger partial charge < -0.3 is 4.74 Å². The first-order valence-corrected chi connectivity index (χ1v) is 8.13. The molecule has 2 aromatic heterocycles. The van der Waals surface area contributed by atoms with Crippen molar-refractivity contribution in [2.75, 3.05) is 0 Å². The van der Waals surface area contributed by atoms with Crippen LogP contribution >= 0.6 is 0 Å². The molecule has 4 heteroatoms. The third kappa shape index (κ3) is 2.94. The molecule has 2 aromatic carbocycles. The Labute approximate surface area is 146 Å². The zero-order valence-corrected chi connectivity index (χ0v) is 14.1. The third-order valence-corrected chi connectivity index (χ3v) is 4.25. The highest BCUT2D eigenvalue weighted by molar-refractivity contribution is 5.85. The zero-order chi connectivity index (χ0) is 17.2. The Bertz CT molecular complexity index is 1050. The van der Waals surface area contributed by atoms with Gasteiger partial charge in [0.05, 0.1) is 10.9 Å². The average Bonchev–Trinajstić information content (AvgIpc) is 2.66. The van der Waals surface area contributed by atoms with Crippen LogP contribution in [0.15, 0.2) is 67.0 Å². The van der Waals surface area contributed by atoms with Crippen molar-refractivity contribution in [1.82, 2.24) is 15.0 Å². The Morgan fingerprint density at radius 1 is 0.840 bits per heavy atom. The lowest BCUT2D eigenvalue weighted by molar-refractivity contribution is 0.465. The molecular weight excluding hydrogens is 310 g/mol. The smallest absolute Gasteiger partial charge is 0.230 e. The minimum Gasteiger partial charge on any atom is -0.438 e. The number of hydrogen-bond donors (Lipinski definition) is 0. The van der Waals surface area contributed by atoms with Crippen LogP contribution in [0.25, 0.3) is 22.3 Å². The molecule has 0 unspecified atom stereocenters. The molecule has 122 valence electrons. The monoisotopic (exact) mass is 327 g/mol. The Balaban J connectivity index is 1.88. The lowest BCUT2D eigenvalue weighted by Crippen LogP contribution is -1.97. The molecule has 0 saturated carbocycles. The number of pyridine rings is 1. The van der Waals surface area contributed by atoms with Crippen molar-refractivity contribution in [3.05, 3.63) is 78.1 Å². The second-order valence-electron chi connectivity index (χ2n) is 5.91. The fraction of sp³-hybridized carbons (Fsp3) is 0.0952. The van der Waals surface area contributed by atoms with E-state index >= 15 is 0 Å². The highest BCUT2D eigenvalue weighted by Crippen LogP contribution is 2.32. The van der Waals surface area contributed by atoms with Crippen molar-refractivity contribution in [2.45, 2.75) is 13.8 Å². The molecule has 4 nitrogen and oxygen atoms in total. The van der Waals surface area contributed by atoms with E-state index in [0.29, 0.717) is 11.7 Å². The van der Waals surface area contributed by atoms with Gasteiger partial charge in [-0.3, -0.25) is 4.98 Å². The highest BCUT2D eigenvalue weighted by atomic mass is 16.5. The predicted octanol–water partition coefficient (Wildman–Crippen LogP) is 5.10. The fourth-order valence-corrected chi connectivity index (χ4v) is 2.69. The van der Waals surface area contributed by atoms with E-state index in [2.05, 4.69) is 34.9 Å². The van der Waals surface area contributed by atoms with Crippen LogP contribution in [0, 0.1) is 13.8 Å². The normalized spacial score (nSPS) is 10.8. The number of rotatable bonds is 3. The zero-order valence-electron chi connectivity index (χ0n) is 14.1. The Morgan fingerprint density at radius 3 is 2.56 bits per heavy atom. The molecule has 0 spiro atoms. The minimum absolute atomic E-state index is 0.554. The first-order chi connectivity index (χ1) is 12.2. The lowest BCUT2D eigenvalue weighted by atomic mass is 10.1. The Hall–Kier alpha value is -3.27. The first-order valence-electron chi connectivity index (χ1n) is 8.13. The molecule has 4 rings (SSSR count). The summed E-state index contributed by atoms with van der Waals surface area (Å²) in [6.07, 6.45) is 3.49. The molecule has 0 aliphatic heterocycles. The van der Waals surface area contributed by atoms with Crippen LogP contribution in [0.1, 0.15) is 11.1 Å². The molecule has 0 bridgehead atoms. The summed E-state index contributed by atoms with van der Waals surface area (Å²) in [7, 11) is 0. The van der Waals surface area contributed by atoms with Crippen molar-refractivity contribution < 1.29 is 4.74 Å². The molecule has 2 heterocycles. The van der Waals surface area contributed by atoms with Gasteiger partial charge in [-0.05, 0) is 55.3 Å². The van der Waals surface area contributed by atoms with Crippen LogP contribution in [0.3, 0.4) is 0 Å². The van der Waals surface area contributed by atoms with Gasteiger partial charge >= 0.3 is 0 Å². The third-order valence-electron chi connectivity index (χ3n) is 4.25. The van der Waals surface area contributed by atoms with Crippen LogP contribution in [0.2, 0.25) is 0 Å². The SMILES string of the molecule is Cc1cccc(Oc2nc(-c3cccnc3)nc3ccccc23)c1C. The van der Waals surface area contributed by atoms with Crippen LogP contribution < -0.4 is 4.74 Å². The van der Waals surface area contributed by atoms with Crippen LogP contribution in [-0.2, 0) is 0 Å². The number of fused-ring (bicyclic) bond motifs is 1. The van der Waals surface area contributed by atoms with E-state index in [1.165, 1.54) is 5.56 Å². The van der Waals surface area contributed by atoms with E-state index in [1.807, 2.05) is 48.5 Å². The number of aryl methyl sites for hydroxylation is 1.